The van der Waals surface area contributed by atoms with Crippen molar-refractivity contribution < 1.29 is 14.3 Å². The second-order valence-corrected chi connectivity index (χ2v) is 6.89. The van der Waals surface area contributed by atoms with Gasteiger partial charge in [-0.1, -0.05) is 48.0 Å². The minimum Gasteiger partial charge on any atom is -0.382 e. The normalized spacial score (nSPS) is 19.7. The van der Waals surface area contributed by atoms with E-state index in [0.29, 0.717) is 30.3 Å². The van der Waals surface area contributed by atoms with Gasteiger partial charge in [-0.25, -0.2) is 0 Å². The fourth-order valence-corrected chi connectivity index (χ4v) is 3.63. The summed E-state index contributed by atoms with van der Waals surface area (Å²) in [4.78, 5) is 15.0. The van der Waals surface area contributed by atoms with Crippen molar-refractivity contribution in [3.8, 4) is 0 Å². The van der Waals surface area contributed by atoms with Gasteiger partial charge in [-0.3, -0.25) is 4.79 Å². The van der Waals surface area contributed by atoms with Crippen LogP contribution in [0.5, 0.6) is 0 Å². The monoisotopic (exact) mass is 373 g/mol. The largest absolute Gasteiger partial charge is 0.382 e. The van der Waals surface area contributed by atoms with Gasteiger partial charge in [-0.2, -0.15) is 0 Å². The molecule has 0 spiro atoms. The van der Waals surface area contributed by atoms with Crippen LogP contribution in [0.3, 0.4) is 0 Å². The number of rotatable bonds is 7. The van der Waals surface area contributed by atoms with E-state index in [1.165, 1.54) is 5.56 Å². The second-order valence-electron chi connectivity index (χ2n) is 6.46. The molecular weight excluding hydrogens is 350 g/mol. The van der Waals surface area contributed by atoms with Gasteiger partial charge in [0.25, 0.3) is 5.91 Å². The highest BCUT2D eigenvalue weighted by molar-refractivity contribution is 6.30. The summed E-state index contributed by atoms with van der Waals surface area (Å²) >= 11 is 6.07. The lowest BCUT2D eigenvalue weighted by Gasteiger charge is -2.28. The number of likely N-dealkylation sites (tertiary alicyclic amines) is 1. The molecule has 0 aliphatic carbocycles. The number of amides is 1. The van der Waals surface area contributed by atoms with Crippen LogP contribution in [0.15, 0.2) is 54.6 Å². The van der Waals surface area contributed by atoms with E-state index in [-0.39, 0.29) is 18.1 Å². The first-order valence-corrected chi connectivity index (χ1v) is 9.28. The number of carbonyl (C=O) groups excluding carboxylic acids is 1. The Balaban J connectivity index is 1.79. The van der Waals surface area contributed by atoms with Gasteiger partial charge in [0, 0.05) is 24.2 Å². The number of benzene rings is 2. The van der Waals surface area contributed by atoms with Crippen molar-refractivity contribution in [2.45, 2.75) is 25.0 Å². The molecular formula is C21H24ClNO3. The van der Waals surface area contributed by atoms with Gasteiger partial charge in [-0.15, -0.1) is 0 Å². The SMILES string of the molecule is COCCO[C@@H]1CCN(C(=O)c2cccc(Cl)c2)[C@H]1Cc1ccccc1. The van der Waals surface area contributed by atoms with Gasteiger partial charge in [0.05, 0.1) is 25.4 Å². The van der Waals surface area contributed by atoms with Crippen molar-refractivity contribution >= 4 is 17.5 Å². The van der Waals surface area contributed by atoms with Crippen molar-refractivity contribution in [1.29, 1.82) is 0 Å². The number of hydrogen-bond acceptors (Lipinski definition) is 3. The third-order valence-electron chi connectivity index (χ3n) is 4.72. The molecule has 26 heavy (non-hydrogen) atoms. The second kappa shape index (κ2) is 9.17. The van der Waals surface area contributed by atoms with E-state index in [1.807, 2.05) is 35.2 Å². The maximum absolute atomic E-state index is 13.1. The first-order valence-electron chi connectivity index (χ1n) is 8.90. The van der Waals surface area contributed by atoms with Crippen LogP contribution in [0.4, 0.5) is 0 Å². The lowest BCUT2D eigenvalue weighted by molar-refractivity contribution is 0.000496. The highest BCUT2D eigenvalue weighted by Gasteiger charge is 2.38. The summed E-state index contributed by atoms with van der Waals surface area (Å²) in [7, 11) is 1.66. The Bertz CT molecular complexity index is 722. The quantitative estimate of drug-likeness (QED) is 0.692. The fraction of sp³-hybridized carbons (Fsp3) is 0.381. The Kier molecular flexibility index (Phi) is 6.67. The highest BCUT2D eigenvalue weighted by Crippen LogP contribution is 2.27. The van der Waals surface area contributed by atoms with Gasteiger partial charge in [0.15, 0.2) is 0 Å². The van der Waals surface area contributed by atoms with Crippen LogP contribution >= 0.6 is 11.6 Å². The third kappa shape index (κ3) is 4.64. The Morgan fingerprint density at radius 1 is 1.15 bits per heavy atom. The summed E-state index contributed by atoms with van der Waals surface area (Å²) in [6.07, 6.45) is 1.60. The van der Waals surface area contributed by atoms with E-state index in [9.17, 15) is 4.79 Å². The first-order chi connectivity index (χ1) is 12.7. The molecule has 0 unspecified atom stereocenters. The average Bonchev–Trinajstić information content (AvgIpc) is 3.05. The standard InChI is InChI=1S/C21H24ClNO3/c1-25-12-13-26-20-10-11-23(19(20)14-16-6-3-2-4-7-16)21(24)17-8-5-9-18(22)15-17/h2-9,15,19-20H,10-14H2,1H3/t19-,20+/m0/s1. The number of nitrogens with zero attached hydrogens (tertiary/aromatic N) is 1. The van der Waals surface area contributed by atoms with E-state index in [4.69, 9.17) is 21.1 Å². The zero-order chi connectivity index (χ0) is 18.4. The Labute approximate surface area is 159 Å². The summed E-state index contributed by atoms with van der Waals surface area (Å²) in [6, 6.07) is 17.3. The molecule has 1 fully saturated rings. The Morgan fingerprint density at radius 2 is 1.96 bits per heavy atom. The van der Waals surface area contributed by atoms with Crippen LogP contribution < -0.4 is 0 Å². The van der Waals surface area contributed by atoms with E-state index in [2.05, 4.69) is 12.1 Å². The van der Waals surface area contributed by atoms with Gasteiger partial charge in [0.1, 0.15) is 0 Å². The molecule has 0 saturated carbocycles. The lowest BCUT2D eigenvalue weighted by Crippen LogP contribution is -2.42. The molecule has 0 bridgehead atoms. The summed E-state index contributed by atoms with van der Waals surface area (Å²) < 4.78 is 11.1. The summed E-state index contributed by atoms with van der Waals surface area (Å²) in [5.41, 5.74) is 1.82. The topological polar surface area (TPSA) is 38.8 Å². The van der Waals surface area contributed by atoms with Crippen LogP contribution in [-0.4, -0.2) is 49.8 Å². The Morgan fingerprint density at radius 3 is 2.69 bits per heavy atom. The van der Waals surface area contributed by atoms with Crippen LogP contribution in [-0.2, 0) is 15.9 Å². The molecule has 1 aliphatic heterocycles. The predicted octanol–water partition coefficient (Wildman–Crippen LogP) is 3.83. The number of hydrogen-bond donors (Lipinski definition) is 0. The maximum Gasteiger partial charge on any atom is 0.254 e. The number of carbonyl (C=O) groups is 1. The number of methoxy groups -OCH3 is 1. The number of halogens is 1. The van der Waals surface area contributed by atoms with Gasteiger partial charge < -0.3 is 14.4 Å². The molecule has 0 aromatic heterocycles. The minimum absolute atomic E-state index is 0.000683. The molecule has 0 N–H and O–H groups in total. The van der Waals surface area contributed by atoms with Crippen molar-refractivity contribution in [3.05, 3.63) is 70.7 Å². The highest BCUT2D eigenvalue weighted by atomic mass is 35.5. The van der Waals surface area contributed by atoms with Crippen molar-refractivity contribution in [1.82, 2.24) is 4.90 Å². The molecule has 2 aromatic rings. The number of ether oxygens (including phenoxy) is 2. The van der Waals surface area contributed by atoms with Crippen molar-refractivity contribution in [3.63, 3.8) is 0 Å². The van der Waals surface area contributed by atoms with E-state index < -0.39 is 0 Å². The first kappa shape index (κ1) is 18.9. The molecule has 138 valence electrons. The van der Waals surface area contributed by atoms with Crippen LogP contribution in [0.2, 0.25) is 5.02 Å². The zero-order valence-electron chi connectivity index (χ0n) is 14.9. The fourth-order valence-electron chi connectivity index (χ4n) is 3.44. The lowest BCUT2D eigenvalue weighted by atomic mass is 10.0. The summed E-state index contributed by atoms with van der Waals surface area (Å²) in [5, 5.41) is 0.572. The predicted molar refractivity (Wildman–Crippen MR) is 103 cm³/mol. The zero-order valence-corrected chi connectivity index (χ0v) is 15.7. The molecule has 5 heteroatoms. The van der Waals surface area contributed by atoms with E-state index in [1.54, 1.807) is 19.2 Å². The van der Waals surface area contributed by atoms with Crippen LogP contribution in [0.1, 0.15) is 22.3 Å². The van der Waals surface area contributed by atoms with Crippen molar-refractivity contribution in [2.24, 2.45) is 0 Å². The minimum atomic E-state index is 0.000683. The molecule has 2 aromatic carbocycles. The third-order valence-corrected chi connectivity index (χ3v) is 4.96. The molecule has 1 amide bonds. The average molecular weight is 374 g/mol. The van der Waals surface area contributed by atoms with Crippen LogP contribution in [0.25, 0.3) is 0 Å². The van der Waals surface area contributed by atoms with Gasteiger partial charge in [0.2, 0.25) is 0 Å². The van der Waals surface area contributed by atoms with Crippen molar-refractivity contribution in [2.75, 3.05) is 26.9 Å². The molecule has 4 nitrogen and oxygen atoms in total. The van der Waals surface area contributed by atoms with Crippen LogP contribution in [0, 0.1) is 0 Å². The molecule has 1 aliphatic rings. The van der Waals surface area contributed by atoms with E-state index >= 15 is 0 Å². The maximum atomic E-state index is 13.1. The molecule has 2 atom stereocenters. The van der Waals surface area contributed by atoms with Gasteiger partial charge >= 0.3 is 0 Å². The molecule has 1 saturated heterocycles. The summed E-state index contributed by atoms with van der Waals surface area (Å²) in [6.45, 7) is 1.77. The smallest absolute Gasteiger partial charge is 0.254 e. The van der Waals surface area contributed by atoms with E-state index in [0.717, 1.165) is 12.8 Å². The van der Waals surface area contributed by atoms with Gasteiger partial charge in [-0.05, 0) is 36.6 Å². The molecule has 1 heterocycles. The summed E-state index contributed by atoms with van der Waals surface area (Å²) in [5.74, 6) is 0.00581. The molecule has 3 rings (SSSR count). The molecule has 0 radical (unpaired) electrons. The Hall–Kier alpha value is -1.88.